The molecule has 0 aliphatic heterocycles. The van der Waals surface area contributed by atoms with Gasteiger partial charge in [-0.25, -0.2) is 0 Å². The summed E-state index contributed by atoms with van der Waals surface area (Å²) in [6.45, 7) is 5.21. The van der Waals surface area contributed by atoms with Crippen molar-refractivity contribution >= 4 is 0 Å². The van der Waals surface area contributed by atoms with E-state index in [1.54, 1.807) is 36.4 Å². The van der Waals surface area contributed by atoms with Crippen LogP contribution in [0, 0.1) is 0 Å². The third-order valence-electron chi connectivity index (χ3n) is 6.21. The second-order valence-corrected chi connectivity index (χ2v) is 8.98. The quantitative estimate of drug-likeness (QED) is 0.135. The van der Waals surface area contributed by atoms with Crippen molar-refractivity contribution in [3.8, 4) is 56.8 Å². The molecule has 0 unspecified atom stereocenters. The van der Waals surface area contributed by atoms with Crippen molar-refractivity contribution in [2.45, 2.75) is 65.2 Å². The van der Waals surface area contributed by atoms with Gasteiger partial charge in [0.1, 0.15) is 0 Å². The summed E-state index contributed by atoms with van der Waals surface area (Å²) in [6, 6.07) is 13.2. The van der Waals surface area contributed by atoms with Gasteiger partial charge in [0.05, 0.1) is 13.2 Å². The molecule has 0 radical (unpaired) electrons. The van der Waals surface area contributed by atoms with Crippen molar-refractivity contribution in [2.24, 2.45) is 0 Å². The number of benzene rings is 3. The van der Waals surface area contributed by atoms with Gasteiger partial charge < -0.3 is 29.9 Å². The van der Waals surface area contributed by atoms with Crippen molar-refractivity contribution < 1.29 is 29.9 Å². The number of ether oxygens (including phenoxy) is 2. The molecule has 0 bridgehead atoms. The standard InChI is InChI=1S/C30H38O6/c1-3-5-7-9-19-35-29-23(21-13-11-15-25(31)27(21)33)17-18-24(22-14-12-16-26(32)28(22)34)30(29)36-20-10-8-6-4-2/h11-18,31-34H,3-10,19-20H2,1-2H3. The average Bonchev–Trinajstić information content (AvgIpc) is 2.87. The highest BCUT2D eigenvalue weighted by Gasteiger charge is 2.23. The first-order valence-electron chi connectivity index (χ1n) is 12.9. The lowest BCUT2D eigenvalue weighted by Gasteiger charge is -2.21. The Balaban J connectivity index is 2.13. The summed E-state index contributed by atoms with van der Waals surface area (Å²) in [6.07, 6.45) is 8.23. The Morgan fingerprint density at radius 2 is 0.917 bits per heavy atom. The van der Waals surface area contributed by atoms with Gasteiger partial charge in [-0.1, -0.05) is 76.6 Å². The normalized spacial score (nSPS) is 10.9. The first kappa shape index (κ1) is 27.1. The lowest BCUT2D eigenvalue weighted by Crippen LogP contribution is -2.06. The third-order valence-corrected chi connectivity index (χ3v) is 6.21. The number of hydrogen-bond donors (Lipinski definition) is 4. The molecule has 6 nitrogen and oxygen atoms in total. The van der Waals surface area contributed by atoms with E-state index in [9.17, 15) is 20.4 Å². The molecule has 0 atom stereocenters. The monoisotopic (exact) mass is 494 g/mol. The van der Waals surface area contributed by atoms with Crippen LogP contribution in [0.1, 0.15) is 65.2 Å². The molecule has 0 saturated carbocycles. The highest BCUT2D eigenvalue weighted by molar-refractivity contribution is 5.88. The highest BCUT2D eigenvalue weighted by atomic mass is 16.5. The van der Waals surface area contributed by atoms with Crippen molar-refractivity contribution in [3.63, 3.8) is 0 Å². The topological polar surface area (TPSA) is 99.4 Å². The molecule has 3 aromatic rings. The minimum absolute atomic E-state index is 0.224. The molecule has 6 heteroatoms. The molecule has 0 amide bonds. The van der Waals surface area contributed by atoms with Crippen LogP contribution in [-0.2, 0) is 0 Å². The first-order valence-corrected chi connectivity index (χ1v) is 12.9. The summed E-state index contributed by atoms with van der Waals surface area (Å²) in [5, 5.41) is 41.5. The Morgan fingerprint density at radius 1 is 0.500 bits per heavy atom. The zero-order valence-electron chi connectivity index (χ0n) is 21.3. The predicted octanol–water partition coefficient (Wildman–Crippen LogP) is 7.76. The van der Waals surface area contributed by atoms with Crippen LogP contribution in [0.25, 0.3) is 22.3 Å². The van der Waals surface area contributed by atoms with Crippen molar-refractivity contribution in [1.29, 1.82) is 0 Å². The molecule has 194 valence electrons. The maximum atomic E-state index is 10.6. The van der Waals surface area contributed by atoms with Crippen molar-refractivity contribution in [1.82, 2.24) is 0 Å². The molecule has 0 heterocycles. The van der Waals surface area contributed by atoms with Gasteiger partial charge in [0.25, 0.3) is 0 Å². The first-order chi connectivity index (χ1) is 17.5. The molecule has 0 saturated heterocycles. The van der Waals surface area contributed by atoms with Gasteiger partial charge in [-0.3, -0.25) is 0 Å². The maximum absolute atomic E-state index is 10.6. The van der Waals surface area contributed by atoms with Crippen LogP contribution in [0.3, 0.4) is 0 Å². The number of phenolic OH excluding ortho intramolecular Hbond substituents is 4. The van der Waals surface area contributed by atoms with E-state index in [-0.39, 0.29) is 23.0 Å². The number of para-hydroxylation sites is 2. The predicted molar refractivity (Wildman–Crippen MR) is 143 cm³/mol. The van der Waals surface area contributed by atoms with Crippen LogP contribution in [-0.4, -0.2) is 33.6 Å². The SMILES string of the molecule is CCCCCCOc1c(-c2cccc(O)c2O)ccc(-c2cccc(O)c2O)c1OCCCCCC. The maximum Gasteiger partial charge on any atom is 0.169 e. The van der Waals surface area contributed by atoms with Gasteiger partial charge in [0.2, 0.25) is 0 Å². The summed E-state index contributed by atoms with van der Waals surface area (Å²) in [7, 11) is 0. The molecule has 3 aromatic carbocycles. The highest BCUT2D eigenvalue weighted by Crippen LogP contribution is 2.50. The Bertz CT molecular complexity index is 1040. The number of unbranched alkanes of at least 4 members (excludes halogenated alkanes) is 6. The molecular weight excluding hydrogens is 456 g/mol. The van der Waals surface area contributed by atoms with E-state index in [2.05, 4.69) is 13.8 Å². The largest absolute Gasteiger partial charge is 0.504 e. The van der Waals surface area contributed by atoms with E-state index in [1.807, 2.05) is 0 Å². The van der Waals surface area contributed by atoms with Crippen molar-refractivity contribution in [2.75, 3.05) is 13.2 Å². The Hall–Kier alpha value is -3.54. The third kappa shape index (κ3) is 6.56. The number of hydrogen-bond acceptors (Lipinski definition) is 6. The zero-order chi connectivity index (χ0) is 25.9. The van der Waals surface area contributed by atoms with Gasteiger partial charge in [0.15, 0.2) is 34.5 Å². The summed E-state index contributed by atoms with van der Waals surface area (Å²) in [5.74, 6) is -0.0621. The fourth-order valence-corrected chi connectivity index (χ4v) is 4.18. The van der Waals surface area contributed by atoms with E-state index in [0.717, 1.165) is 51.4 Å². The molecule has 0 fully saturated rings. The van der Waals surface area contributed by atoms with Crippen LogP contribution >= 0.6 is 0 Å². The summed E-state index contributed by atoms with van der Waals surface area (Å²) < 4.78 is 12.6. The summed E-state index contributed by atoms with van der Waals surface area (Å²) in [4.78, 5) is 0. The Morgan fingerprint density at radius 3 is 1.31 bits per heavy atom. The molecule has 3 rings (SSSR count). The minimum atomic E-state index is -0.241. The van der Waals surface area contributed by atoms with Gasteiger partial charge in [-0.15, -0.1) is 0 Å². The van der Waals surface area contributed by atoms with Crippen LogP contribution in [0.5, 0.6) is 34.5 Å². The number of phenols is 4. The average molecular weight is 495 g/mol. The van der Waals surface area contributed by atoms with Gasteiger partial charge in [0, 0.05) is 22.3 Å². The van der Waals surface area contributed by atoms with E-state index < -0.39 is 0 Å². The van der Waals surface area contributed by atoms with E-state index in [0.29, 0.717) is 47.0 Å². The van der Waals surface area contributed by atoms with Crippen LogP contribution in [0.4, 0.5) is 0 Å². The molecule has 4 N–H and O–H groups in total. The van der Waals surface area contributed by atoms with Crippen LogP contribution in [0.15, 0.2) is 48.5 Å². The molecule has 0 spiro atoms. The minimum Gasteiger partial charge on any atom is -0.504 e. The molecule has 36 heavy (non-hydrogen) atoms. The van der Waals surface area contributed by atoms with E-state index in [1.165, 1.54) is 12.1 Å². The second-order valence-electron chi connectivity index (χ2n) is 8.98. The Labute approximate surface area is 213 Å². The molecule has 0 aliphatic rings. The molecular formula is C30H38O6. The lowest BCUT2D eigenvalue weighted by atomic mass is 9.96. The Kier molecular flexibility index (Phi) is 10.2. The fourth-order valence-electron chi connectivity index (χ4n) is 4.18. The summed E-state index contributed by atoms with van der Waals surface area (Å²) in [5.41, 5.74) is 1.99. The van der Waals surface area contributed by atoms with E-state index >= 15 is 0 Å². The zero-order valence-corrected chi connectivity index (χ0v) is 21.3. The lowest BCUT2D eigenvalue weighted by molar-refractivity contribution is 0.260. The molecule has 0 aliphatic carbocycles. The molecule has 0 aromatic heterocycles. The smallest absolute Gasteiger partial charge is 0.169 e. The van der Waals surface area contributed by atoms with Gasteiger partial charge in [-0.2, -0.15) is 0 Å². The van der Waals surface area contributed by atoms with Crippen molar-refractivity contribution in [3.05, 3.63) is 48.5 Å². The summed E-state index contributed by atoms with van der Waals surface area (Å²) >= 11 is 0. The van der Waals surface area contributed by atoms with Gasteiger partial charge in [-0.05, 0) is 37.1 Å². The second kappa shape index (κ2) is 13.5. The van der Waals surface area contributed by atoms with E-state index in [4.69, 9.17) is 9.47 Å². The fraction of sp³-hybridized carbons (Fsp3) is 0.400. The van der Waals surface area contributed by atoms with Gasteiger partial charge >= 0.3 is 0 Å². The number of rotatable bonds is 14. The number of aromatic hydroxyl groups is 4. The van der Waals surface area contributed by atoms with Crippen LogP contribution < -0.4 is 9.47 Å². The van der Waals surface area contributed by atoms with Crippen LogP contribution in [0.2, 0.25) is 0 Å².